The van der Waals surface area contributed by atoms with E-state index in [0.717, 1.165) is 16.9 Å². The molecule has 0 fully saturated rings. The van der Waals surface area contributed by atoms with Crippen LogP contribution in [0.1, 0.15) is 12.5 Å². The Morgan fingerprint density at radius 1 is 1.07 bits per heavy atom. The second-order valence-corrected chi connectivity index (χ2v) is 6.42. The van der Waals surface area contributed by atoms with Gasteiger partial charge in [0.15, 0.2) is 11.5 Å². The van der Waals surface area contributed by atoms with Gasteiger partial charge in [-0.3, -0.25) is 0 Å². The molecule has 0 amide bonds. The first-order chi connectivity index (χ1) is 14.0. The summed E-state index contributed by atoms with van der Waals surface area (Å²) >= 11 is 4.97. The second-order valence-electron chi connectivity index (χ2n) is 5.90. The summed E-state index contributed by atoms with van der Waals surface area (Å²) in [7, 11) is 0. The fourth-order valence-corrected chi connectivity index (χ4v) is 2.45. The molecule has 0 saturated carbocycles. The van der Waals surface area contributed by atoms with Crippen molar-refractivity contribution >= 4 is 30.1 Å². The number of aromatic hydroxyl groups is 1. The van der Waals surface area contributed by atoms with Crippen molar-refractivity contribution in [2.75, 3.05) is 13.2 Å². The number of ether oxygens (including phenoxy) is 1. The molecule has 156 valence electrons. The smallest absolute Gasteiger partial charge is 0.783 e. The van der Waals surface area contributed by atoms with Gasteiger partial charge < -0.3 is 33.5 Å². The van der Waals surface area contributed by atoms with E-state index in [1.807, 2.05) is 43.3 Å². The van der Waals surface area contributed by atoms with Crippen molar-refractivity contribution in [2.24, 2.45) is 5.73 Å². The van der Waals surface area contributed by atoms with Crippen molar-refractivity contribution in [2.45, 2.75) is 6.92 Å². The molecule has 7 heteroatoms. The Kier molecular flexibility index (Phi) is 11.8. The van der Waals surface area contributed by atoms with E-state index in [2.05, 4.69) is 5.32 Å². The van der Waals surface area contributed by atoms with Gasteiger partial charge in [-0.1, -0.05) is 54.6 Å². The Labute approximate surface area is 196 Å². The molecular formula is C23H23FN2O2SW. The Balaban J connectivity index is 0.000000291. The van der Waals surface area contributed by atoms with E-state index in [9.17, 15) is 9.50 Å². The third kappa shape index (κ3) is 8.95. The summed E-state index contributed by atoms with van der Waals surface area (Å²) in [4.78, 5) is 0.651. The van der Waals surface area contributed by atoms with Gasteiger partial charge >= 0.3 is 21.1 Å². The van der Waals surface area contributed by atoms with E-state index in [4.69, 9.17) is 23.1 Å². The van der Waals surface area contributed by atoms with Crippen molar-refractivity contribution in [3.63, 3.8) is 0 Å². The zero-order valence-corrected chi connectivity index (χ0v) is 20.2. The quantitative estimate of drug-likeness (QED) is 0.355. The third-order valence-electron chi connectivity index (χ3n) is 3.65. The molecule has 3 N–H and O–H groups in total. The molecule has 4 nitrogen and oxygen atoms in total. The molecule has 3 rings (SSSR count). The molecule has 0 unspecified atom stereocenters. The number of halogens is 1. The normalized spacial score (nSPS) is 10.3. The van der Waals surface area contributed by atoms with Gasteiger partial charge in [0.05, 0.1) is 6.61 Å². The van der Waals surface area contributed by atoms with Crippen LogP contribution in [0.3, 0.4) is 0 Å². The van der Waals surface area contributed by atoms with Crippen LogP contribution in [0.5, 0.6) is 11.5 Å². The number of rotatable bonds is 6. The monoisotopic (exact) mass is 594 g/mol. The van der Waals surface area contributed by atoms with Gasteiger partial charge in [0.25, 0.3) is 0 Å². The Bertz CT molecular complexity index is 922. The number of para-hydroxylation sites is 1. The van der Waals surface area contributed by atoms with Crippen molar-refractivity contribution in [1.82, 2.24) is 0 Å². The molecule has 0 aliphatic carbocycles. The summed E-state index contributed by atoms with van der Waals surface area (Å²) in [5.74, 6) is 0.357. The molecule has 0 aliphatic heterocycles. The molecular weight excluding hydrogens is 571 g/mol. The van der Waals surface area contributed by atoms with Crippen molar-refractivity contribution in [1.29, 1.82) is 0 Å². The number of hydrogen-bond acceptors (Lipinski definition) is 4. The van der Waals surface area contributed by atoms with E-state index in [1.54, 1.807) is 30.3 Å². The first-order valence-electron chi connectivity index (χ1n) is 9.07. The summed E-state index contributed by atoms with van der Waals surface area (Å²) in [5, 5.41) is 13.9. The van der Waals surface area contributed by atoms with Gasteiger partial charge in [-0.25, -0.2) is 4.39 Å². The van der Waals surface area contributed by atoms with Crippen LogP contribution in [-0.2, 0) is 33.7 Å². The fraction of sp³-hybridized carbons (Fsp3) is 0.130. The number of hydrogen-bond donors (Lipinski definition) is 2. The minimum atomic E-state index is -0.239. The van der Waals surface area contributed by atoms with Crippen LogP contribution in [0, 0.1) is 5.82 Å². The van der Waals surface area contributed by atoms with Crippen molar-refractivity contribution in [3.8, 4) is 11.5 Å². The Morgan fingerprint density at radius 2 is 1.70 bits per heavy atom. The third-order valence-corrected chi connectivity index (χ3v) is 3.94. The van der Waals surface area contributed by atoms with E-state index in [-0.39, 0.29) is 32.6 Å². The summed E-state index contributed by atoms with van der Waals surface area (Å²) in [6, 6.07) is 20.8. The first kappa shape index (κ1) is 25.6. The summed E-state index contributed by atoms with van der Waals surface area (Å²) in [6.07, 6.45) is 1.75. The second kappa shape index (κ2) is 13.8. The molecule has 3 aromatic carbocycles. The van der Waals surface area contributed by atoms with Crippen LogP contribution < -0.4 is 10.5 Å². The maximum absolute atomic E-state index is 12.6. The van der Waals surface area contributed by atoms with Gasteiger partial charge in [-0.2, -0.15) is 4.91 Å². The van der Waals surface area contributed by atoms with Crippen LogP contribution in [0.2, 0.25) is 0 Å². The predicted molar refractivity (Wildman–Crippen MR) is 119 cm³/mol. The fourth-order valence-electron chi connectivity index (χ4n) is 2.31. The van der Waals surface area contributed by atoms with E-state index < -0.39 is 0 Å². The predicted octanol–water partition coefficient (Wildman–Crippen LogP) is 5.80. The maximum atomic E-state index is 12.6. The molecule has 3 aromatic rings. The zero-order valence-electron chi connectivity index (χ0n) is 16.5. The summed E-state index contributed by atoms with van der Waals surface area (Å²) in [6.45, 7) is 2.73. The number of phenols is 1. The molecule has 0 aromatic heterocycles. The number of benzene rings is 3. The average Bonchev–Trinajstić information content (AvgIpc) is 2.73. The average molecular weight is 594 g/mol. The van der Waals surface area contributed by atoms with Crippen LogP contribution in [-0.4, -0.2) is 18.3 Å². The van der Waals surface area contributed by atoms with Crippen LogP contribution in [0.25, 0.3) is 11.4 Å². The maximum Gasteiger partial charge on any atom is 2.00 e. The van der Waals surface area contributed by atoms with Gasteiger partial charge in [-0.05, 0) is 43.3 Å². The zero-order chi connectivity index (χ0) is 21.1. The SMILES string of the molecule is CCOc1ccc(/C=C(\[S-])CN)cc1O.Fc1ccc([N-]c2ccccc2)cc1.[W+2]. The van der Waals surface area contributed by atoms with E-state index in [0.29, 0.717) is 23.8 Å². The van der Waals surface area contributed by atoms with E-state index >= 15 is 0 Å². The van der Waals surface area contributed by atoms with E-state index in [1.165, 1.54) is 12.1 Å². The van der Waals surface area contributed by atoms with Crippen LogP contribution >= 0.6 is 0 Å². The van der Waals surface area contributed by atoms with Crippen LogP contribution in [0.4, 0.5) is 15.8 Å². The number of nitrogens with two attached hydrogens (primary N) is 1. The van der Waals surface area contributed by atoms with Crippen molar-refractivity contribution < 1.29 is 35.3 Å². The molecule has 0 radical (unpaired) electrons. The number of phenolic OH excluding ortho intramolecular Hbond substituents is 1. The molecule has 0 saturated heterocycles. The summed E-state index contributed by atoms with van der Waals surface area (Å²) < 4.78 is 17.8. The molecule has 30 heavy (non-hydrogen) atoms. The van der Waals surface area contributed by atoms with Gasteiger partial charge in [0.2, 0.25) is 0 Å². The topological polar surface area (TPSA) is 69.6 Å². The van der Waals surface area contributed by atoms with Gasteiger partial charge in [-0.15, -0.1) is 11.4 Å². The molecule has 0 aliphatic rings. The van der Waals surface area contributed by atoms with Crippen molar-refractivity contribution in [3.05, 3.63) is 94.4 Å². The van der Waals surface area contributed by atoms with Crippen LogP contribution in [0.15, 0.2) is 77.7 Å². The minimum absolute atomic E-state index is 0. The van der Waals surface area contributed by atoms with Gasteiger partial charge in [0, 0.05) is 0 Å². The molecule has 0 bridgehead atoms. The molecule has 0 atom stereocenters. The standard InChI is InChI=1S/C12H9FN.C11H15NO2S.W/c13-10-6-8-12(9-7-10)14-11-4-2-1-3-5-11;1-2-14-11-4-3-8(6-10(11)13)5-9(15)7-12;/h1-9H;3-6,13,15H,2,7,12H2,1H3;/q-1;;+2/p-1/b;9-5-;. The molecule has 0 spiro atoms. The largest absolute Gasteiger partial charge is 2.00 e. The minimum Gasteiger partial charge on any atom is -0.783 e. The molecule has 0 heterocycles. The number of nitrogens with zero attached hydrogens (tertiary/aromatic N) is 1. The first-order valence-corrected chi connectivity index (χ1v) is 9.48. The Hall–Kier alpha value is -2.40. The Morgan fingerprint density at radius 3 is 2.27 bits per heavy atom. The summed E-state index contributed by atoms with van der Waals surface area (Å²) in [5.41, 5.74) is 7.84. The van der Waals surface area contributed by atoms with Gasteiger partial charge in [0.1, 0.15) is 5.82 Å².